The molecular weight excluding hydrogens is 214 g/mol. The minimum atomic E-state index is 0.521. The number of pyridine rings is 1. The number of nitrogen functional groups attached to an aromatic ring is 1. The highest BCUT2D eigenvalue weighted by atomic mass is 16.5. The summed E-state index contributed by atoms with van der Waals surface area (Å²) in [7, 11) is 3.63. The summed E-state index contributed by atoms with van der Waals surface area (Å²) in [5.41, 5.74) is 7.58. The molecule has 2 aromatic rings. The van der Waals surface area contributed by atoms with Crippen molar-refractivity contribution in [2.75, 3.05) is 24.8 Å². The second-order valence-corrected chi connectivity index (χ2v) is 3.70. The number of hydrogen-bond acceptors (Lipinski definition) is 4. The minimum absolute atomic E-state index is 0.521. The first kappa shape index (κ1) is 11.3. The molecule has 0 fully saturated rings. The van der Waals surface area contributed by atoms with Crippen molar-refractivity contribution >= 4 is 17.2 Å². The van der Waals surface area contributed by atoms with Crippen molar-refractivity contribution in [2.24, 2.45) is 0 Å². The summed E-state index contributed by atoms with van der Waals surface area (Å²) in [5, 5.41) is 0. The Bertz CT molecular complexity index is 496. The van der Waals surface area contributed by atoms with Gasteiger partial charge in [0.15, 0.2) is 0 Å². The van der Waals surface area contributed by atoms with Gasteiger partial charge in [0.2, 0.25) is 0 Å². The second kappa shape index (κ2) is 4.74. The lowest BCUT2D eigenvalue weighted by Gasteiger charge is -2.19. The summed E-state index contributed by atoms with van der Waals surface area (Å²) in [5.74, 6) is 1.35. The zero-order valence-corrected chi connectivity index (χ0v) is 9.92. The van der Waals surface area contributed by atoms with Gasteiger partial charge in [-0.2, -0.15) is 0 Å². The fraction of sp³-hybridized carbons (Fsp3) is 0.154. The predicted molar refractivity (Wildman–Crippen MR) is 69.7 cm³/mol. The van der Waals surface area contributed by atoms with Crippen LogP contribution in [0.1, 0.15) is 0 Å². The van der Waals surface area contributed by atoms with Gasteiger partial charge in [-0.1, -0.05) is 6.07 Å². The lowest BCUT2D eigenvalue weighted by Crippen LogP contribution is -2.09. The molecule has 0 bridgehead atoms. The third kappa shape index (κ3) is 2.47. The molecule has 2 N–H and O–H groups in total. The van der Waals surface area contributed by atoms with E-state index < -0.39 is 0 Å². The molecule has 1 aromatic heterocycles. The number of aromatic nitrogens is 1. The Morgan fingerprint density at radius 3 is 2.65 bits per heavy atom. The first-order valence-electron chi connectivity index (χ1n) is 5.30. The van der Waals surface area contributed by atoms with E-state index in [0.717, 1.165) is 17.1 Å². The molecule has 0 unspecified atom stereocenters. The van der Waals surface area contributed by atoms with Crippen LogP contribution < -0.4 is 15.4 Å². The Labute approximate surface area is 101 Å². The number of rotatable bonds is 3. The monoisotopic (exact) mass is 229 g/mol. The molecule has 0 aliphatic heterocycles. The molecule has 0 spiro atoms. The maximum Gasteiger partial charge on any atom is 0.123 e. The van der Waals surface area contributed by atoms with E-state index in [0.29, 0.717) is 5.82 Å². The van der Waals surface area contributed by atoms with Gasteiger partial charge in [-0.25, -0.2) is 4.98 Å². The van der Waals surface area contributed by atoms with Crippen molar-refractivity contribution in [2.45, 2.75) is 0 Å². The summed E-state index contributed by atoms with van der Waals surface area (Å²) in [6, 6.07) is 11.6. The van der Waals surface area contributed by atoms with E-state index in [1.54, 1.807) is 19.4 Å². The van der Waals surface area contributed by atoms with Gasteiger partial charge in [-0.05, 0) is 24.3 Å². The third-order valence-electron chi connectivity index (χ3n) is 2.60. The fourth-order valence-corrected chi connectivity index (χ4v) is 1.56. The SMILES string of the molecule is COc1cccc(N(C)c2ccc(N)nc2)c1. The maximum absolute atomic E-state index is 5.56. The average molecular weight is 229 g/mol. The number of benzene rings is 1. The molecule has 1 aromatic carbocycles. The molecule has 0 aliphatic rings. The Morgan fingerprint density at radius 2 is 2.00 bits per heavy atom. The Balaban J connectivity index is 2.29. The number of anilines is 3. The molecule has 2 rings (SSSR count). The van der Waals surface area contributed by atoms with Crippen molar-refractivity contribution in [3.63, 3.8) is 0 Å². The van der Waals surface area contributed by atoms with E-state index in [1.165, 1.54) is 0 Å². The predicted octanol–water partition coefficient (Wildman–Crippen LogP) is 2.44. The standard InChI is InChI=1S/C13H15N3O/c1-16(11-6-7-13(14)15-9-11)10-4-3-5-12(8-10)17-2/h3-9H,1-2H3,(H2,14,15). The molecule has 1 heterocycles. The highest BCUT2D eigenvalue weighted by Crippen LogP contribution is 2.26. The largest absolute Gasteiger partial charge is 0.497 e. The van der Waals surface area contributed by atoms with Gasteiger partial charge in [-0.3, -0.25) is 0 Å². The van der Waals surface area contributed by atoms with Crippen molar-refractivity contribution in [3.8, 4) is 5.75 Å². The molecule has 0 saturated heterocycles. The number of methoxy groups -OCH3 is 1. The van der Waals surface area contributed by atoms with Gasteiger partial charge in [0.1, 0.15) is 11.6 Å². The van der Waals surface area contributed by atoms with E-state index in [9.17, 15) is 0 Å². The topological polar surface area (TPSA) is 51.4 Å². The Hall–Kier alpha value is -2.23. The van der Waals surface area contributed by atoms with Crippen molar-refractivity contribution in [3.05, 3.63) is 42.6 Å². The van der Waals surface area contributed by atoms with Crippen LogP contribution in [0.4, 0.5) is 17.2 Å². The molecule has 17 heavy (non-hydrogen) atoms. The van der Waals surface area contributed by atoms with Crippen LogP contribution in [0.3, 0.4) is 0 Å². The fourth-order valence-electron chi connectivity index (χ4n) is 1.56. The van der Waals surface area contributed by atoms with Crippen LogP contribution in [-0.2, 0) is 0 Å². The second-order valence-electron chi connectivity index (χ2n) is 3.70. The molecule has 0 saturated carbocycles. The quantitative estimate of drug-likeness (QED) is 0.878. The van der Waals surface area contributed by atoms with Gasteiger partial charge in [0, 0.05) is 18.8 Å². The number of ether oxygens (including phenoxy) is 1. The van der Waals surface area contributed by atoms with E-state index in [4.69, 9.17) is 10.5 Å². The molecular formula is C13H15N3O. The average Bonchev–Trinajstić information content (AvgIpc) is 2.39. The minimum Gasteiger partial charge on any atom is -0.497 e. The molecule has 4 heteroatoms. The van der Waals surface area contributed by atoms with Gasteiger partial charge in [0.05, 0.1) is 19.0 Å². The molecule has 4 nitrogen and oxygen atoms in total. The summed E-state index contributed by atoms with van der Waals surface area (Å²) in [4.78, 5) is 6.10. The van der Waals surface area contributed by atoms with Crippen LogP contribution in [-0.4, -0.2) is 19.1 Å². The Morgan fingerprint density at radius 1 is 1.18 bits per heavy atom. The van der Waals surface area contributed by atoms with Crippen LogP contribution >= 0.6 is 0 Å². The summed E-state index contributed by atoms with van der Waals surface area (Å²) in [6.45, 7) is 0. The lowest BCUT2D eigenvalue weighted by molar-refractivity contribution is 0.415. The highest BCUT2D eigenvalue weighted by Gasteiger charge is 2.05. The number of nitrogens with two attached hydrogens (primary N) is 1. The summed E-state index contributed by atoms with van der Waals surface area (Å²) in [6.07, 6.45) is 1.74. The zero-order valence-electron chi connectivity index (χ0n) is 9.92. The normalized spacial score (nSPS) is 10.0. The first-order valence-corrected chi connectivity index (χ1v) is 5.30. The van der Waals surface area contributed by atoms with Gasteiger partial charge < -0.3 is 15.4 Å². The van der Waals surface area contributed by atoms with Crippen LogP contribution in [0.25, 0.3) is 0 Å². The van der Waals surface area contributed by atoms with E-state index in [2.05, 4.69) is 4.98 Å². The van der Waals surface area contributed by atoms with E-state index in [-0.39, 0.29) is 0 Å². The summed E-state index contributed by atoms with van der Waals surface area (Å²) < 4.78 is 5.20. The summed E-state index contributed by atoms with van der Waals surface area (Å²) >= 11 is 0. The van der Waals surface area contributed by atoms with Crippen LogP contribution in [0.15, 0.2) is 42.6 Å². The molecule has 0 atom stereocenters. The van der Waals surface area contributed by atoms with Crippen molar-refractivity contribution < 1.29 is 4.74 Å². The molecule has 0 radical (unpaired) electrons. The first-order chi connectivity index (χ1) is 8.20. The van der Waals surface area contributed by atoms with Gasteiger partial charge >= 0.3 is 0 Å². The third-order valence-corrected chi connectivity index (χ3v) is 2.60. The van der Waals surface area contributed by atoms with Crippen LogP contribution in [0, 0.1) is 0 Å². The lowest BCUT2D eigenvalue weighted by atomic mass is 10.2. The molecule has 0 amide bonds. The Kier molecular flexibility index (Phi) is 3.14. The van der Waals surface area contributed by atoms with E-state index in [1.807, 2.05) is 42.3 Å². The molecule has 0 aliphatic carbocycles. The maximum atomic E-state index is 5.56. The highest BCUT2D eigenvalue weighted by molar-refractivity contribution is 5.63. The van der Waals surface area contributed by atoms with Crippen LogP contribution in [0.5, 0.6) is 5.75 Å². The van der Waals surface area contributed by atoms with Gasteiger partial charge in [-0.15, -0.1) is 0 Å². The number of nitrogens with zero attached hydrogens (tertiary/aromatic N) is 2. The smallest absolute Gasteiger partial charge is 0.123 e. The van der Waals surface area contributed by atoms with E-state index >= 15 is 0 Å². The van der Waals surface area contributed by atoms with Crippen LogP contribution in [0.2, 0.25) is 0 Å². The zero-order chi connectivity index (χ0) is 12.3. The van der Waals surface area contributed by atoms with Crippen molar-refractivity contribution in [1.82, 2.24) is 4.98 Å². The molecule has 88 valence electrons. The van der Waals surface area contributed by atoms with Gasteiger partial charge in [0.25, 0.3) is 0 Å². The van der Waals surface area contributed by atoms with Crippen molar-refractivity contribution in [1.29, 1.82) is 0 Å². The number of hydrogen-bond donors (Lipinski definition) is 1.